The number of rotatable bonds is 3. The maximum Gasteiger partial charge on any atom is 0.270 e. The summed E-state index contributed by atoms with van der Waals surface area (Å²) in [6, 6.07) is 3.44. The van der Waals surface area contributed by atoms with Gasteiger partial charge in [-0.2, -0.15) is 5.10 Å². The second-order valence-corrected chi connectivity index (χ2v) is 3.07. The monoisotopic (exact) mass is 232 g/mol. The minimum Gasteiger partial charge on any atom is -0.872 e. The van der Waals surface area contributed by atoms with E-state index in [2.05, 4.69) is 15.3 Å². The maximum absolute atomic E-state index is 11.4. The van der Waals surface area contributed by atoms with Gasteiger partial charge in [0.25, 0.3) is 5.69 Å². The lowest BCUT2D eigenvalue weighted by Gasteiger charge is -2.08. The quantitative estimate of drug-likeness (QED) is 0.424. The van der Waals surface area contributed by atoms with Crippen molar-refractivity contribution in [2.75, 3.05) is 0 Å². The van der Waals surface area contributed by atoms with Crippen LogP contribution in [-0.2, 0) is 0 Å². The fourth-order valence-electron chi connectivity index (χ4n) is 1.13. The second kappa shape index (κ2) is 4.39. The zero-order valence-corrected chi connectivity index (χ0v) is 8.42. The zero-order chi connectivity index (χ0) is 12.3. The first-order valence-electron chi connectivity index (χ1n) is 4.51. The van der Waals surface area contributed by atoms with E-state index in [4.69, 9.17) is 0 Å². The molecule has 0 N–H and O–H groups in total. The van der Waals surface area contributed by atoms with Gasteiger partial charge in [-0.15, -0.1) is 10.2 Å². The number of nitrogens with zero attached hydrogens (tertiary/aromatic N) is 5. The molecule has 8 nitrogen and oxygen atoms in total. The summed E-state index contributed by atoms with van der Waals surface area (Å²) >= 11 is 0. The highest BCUT2D eigenvalue weighted by Crippen LogP contribution is 2.19. The molecule has 0 saturated heterocycles. The van der Waals surface area contributed by atoms with Crippen LogP contribution in [0.4, 0.5) is 5.69 Å². The molecule has 2 rings (SSSR count). The Kier molecular flexibility index (Phi) is 2.77. The molecule has 0 aliphatic rings. The molecule has 8 heteroatoms. The number of hydrogen-bond acceptors (Lipinski definition) is 6. The minimum absolute atomic E-state index is 0.132. The summed E-state index contributed by atoms with van der Waals surface area (Å²) < 4.78 is 1.28. The first-order valence-corrected chi connectivity index (χ1v) is 4.51. The molecule has 2 aromatic rings. The Morgan fingerprint density at radius 2 is 2.06 bits per heavy atom. The number of nitro benzene ring substituents is 1. The SMILES string of the molecule is O=[N+]([O-])c1ccc([O-])c(/C=N\n2cnnc2)c1. The van der Waals surface area contributed by atoms with Crippen molar-refractivity contribution in [1.82, 2.24) is 14.9 Å². The van der Waals surface area contributed by atoms with Gasteiger partial charge in [-0.3, -0.25) is 10.1 Å². The second-order valence-electron chi connectivity index (χ2n) is 3.07. The third-order valence-corrected chi connectivity index (χ3v) is 1.94. The van der Waals surface area contributed by atoms with E-state index in [0.717, 1.165) is 18.2 Å². The van der Waals surface area contributed by atoms with Crippen LogP contribution in [0.2, 0.25) is 0 Å². The molecule has 0 aliphatic carbocycles. The summed E-state index contributed by atoms with van der Waals surface area (Å²) in [6.07, 6.45) is 3.88. The largest absolute Gasteiger partial charge is 0.872 e. The molecular formula is C9H6N5O3-. The smallest absolute Gasteiger partial charge is 0.270 e. The maximum atomic E-state index is 11.4. The van der Waals surface area contributed by atoms with Crippen LogP contribution in [0.1, 0.15) is 5.56 Å². The highest BCUT2D eigenvalue weighted by atomic mass is 16.6. The molecule has 1 heterocycles. The van der Waals surface area contributed by atoms with Crippen LogP contribution in [0.3, 0.4) is 0 Å². The van der Waals surface area contributed by atoms with E-state index in [-0.39, 0.29) is 17.0 Å². The average Bonchev–Trinajstić information content (AvgIpc) is 2.80. The van der Waals surface area contributed by atoms with Crippen LogP contribution in [0.25, 0.3) is 0 Å². The average molecular weight is 232 g/mol. The van der Waals surface area contributed by atoms with Crippen LogP contribution in [-0.4, -0.2) is 26.0 Å². The van der Waals surface area contributed by atoms with Gasteiger partial charge in [-0.25, -0.2) is 4.68 Å². The van der Waals surface area contributed by atoms with Crippen molar-refractivity contribution in [3.63, 3.8) is 0 Å². The van der Waals surface area contributed by atoms with E-state index in [9.17, 15) is 15.2 Å². The molecule has 0 amide bonds. The first kappa shape index (κ1) is 10.7. The molecule has 86 valence electrons. The predicted molar refractivity (Wildman–Crippen MR) is 55.6 cm³/mol. The van der Waals surface area contributed by atoms with Crippen molar-refractivity contribution in [3.05, 3.63) is 46.5 Å². The number of nitro groups is 1. The first-order chi connectivity index (χ1) is 8.16. The lowest BCUT2D eigenvalue weighted by Crippen LogP contribution is -1.99. The number of hydrogen-bond donors (Lipinski definition) is 0. The van der Waals surface area contributed by atoms with Gasteiger partial charge < -0.3 is 5.11 Å². The van der Waals surface area contributed by atoms with E-state index in [0.29, 0.717) is 0 Å². The van der Waals surface area contributed by atoms with E-state index < -0.39 is 4.92 Å². The molecule has 0 spiro atoms. The molecule has 1 aromatic carbocycles. The van der Waals surface area contributed by atoms with Crippen molar-refractivity contribution >= 4 is 11.9 Å². The van der Waals surface area contributed by atoms with E-state index in [1.165, 1.54) is 23.5 Å². The fraction of sp³-hybridized carbons (Fsp3) is 0. The molecule has 0 saturated carbocycles. The molecule has 0 radical (unpaired) electrons. The Balaban J connectivity index is 2.31. The van der Waals surface area contributed by atoms with E-state index >= 15 is 0 Å². The van der Waals surface area contributed by atoms with Crippen molar-refractivity contribution in [2.24, 2.45) is 5.10 Å². The fourth-order valence-corrected chi connectivity index (χ4v) is 1.13. The lowest BCUT2D eigenvalue weighted by atomic mass is 10.2. The Labute approximate surface area is 95.0 Å². The van der Waals surface area contributed by atoms with Gasteiger partial charge in [0.1, 0.15) is 12.7 Å². The summed E-state index contributed by atoms with van der Waals surface area (Å²) in [5.74, 6) is -0.340. The normalized spacial score (nSPS) is 10.8. The Bertz CT molecular complexity index is 564. The predicted octanol–water partition coefficient (Wildman–Crippen LogP) is 0.142. The Morgan fingerprint density at radius 1 is 1.35 bits per heavy atom. The molecule has 0 fully saturated rings. The molecule has 1 aromatic heterocycles. The Morgan fingerprint density at radius 3 is 2.71 bits per heavy atom. The third-order valence-electron chi connectivity index (χ3n) is 1.94. The van der Waals surface area contributed by atoms with E-state index in [1.807, 2.05) is 0 Å². The van der Waals surface area contributed by atoms with Crippen LogP contribution in [0, 0.1) is 10.1 Å². The minimum atomic E-state index is -0.574. The Hall–Kier alpha value is -2.77. The molecule has 0 unspecified atom stereocenters. The van der Waals surface area contributed by atoms with Crippen LogP contribution in [0.5, 0.6) is 5.75 Å². The van der Waals surface area contributed by atoms with Crippen molar-refractivity contribution in [1.29, 1.82) is 0 Å². The van der Waals surface area contributed by atoms with Gasteiger partial charge in [0.15, 0.2) is 0 Å². The van der Waals surface area contributed by atoms with Gasteiger partial charge in [-0.05, 0) is 5.56 Å². The van der Waals surface area contributed by atoms with Crippen LogP contribution < -0.4 is 5.11 Å². The van der Waals surface area contributed by atoms with Gasteiger partial charge in [-0.1, -0.05) is 11.8 Å². The number of non-ortho nitro benzene ring substituents is 1. The van der Waals surface area contributed by atoms with Crippen molar-refractivity contribution in [2.45, 2.75) is 0 Å². The summed E-state index contributed by atoms with van der Waals surface area (Å²) in [5, 5.41) is 32.8. The van der Waals surface area contributed by atoms with Gasteiger partial charge >= 0.3 is 0 Å². The van der Waals surface area contributed by atoms with Gasteiger partial charge in [0.05, 0.1) is 11.1 Å². The lowest BCUT2D eigenvalue weighted by molar-refractivity contribution is -0.385. The summed E-state index contributed by atoms with van der Waals surface area (Å²) in [5.41, 5.74) is -0.0253. The highest BCUT2D eigenvalue weighted by Gasteiger charge is 2.05. The topological polar surface area (TPSA) is 109 Å². The van der Waals surface area contributed by atoms with Crippen molar-refractivity contribution in [3.8, 4) is 5.75 Å². The summed E-state index contributed by atoms with van der Waals surface area (Å²) in [7, 11) is 0. The number of benzene rings is 1. The van der Waals surface area contributed by atoms with Crippen molar-refractivity contribution < 1.29 is 10.0 Å². The molecule has 0 bridgehead atoms. The van der Waals surface area contributed by atoms with Crippen LogP contribution in [0.15, 0.2) is 36.0 Å². The summed E-state index contributed by atoms with van der Waals surface area (Å²) in [6.45, 7) is 0. The standard InChI is InChI=1S/C9H7N5O3/c15-9-2-1-8(14(16)17)3-7(9)4-12-13-5-10-11-6-13/h1-6,15H/p-1/b12-4-. The molecular weight excluding hydrogens is 226 g/mol. The van der Waals surface area contributed by atoms with E-state index in [1.54, 1.807) is 0 Å². The highest BCUT2D eigenvalue weighted by molar-refractivity contribution is 5.84. The van der Waals surface area contributed by atoms with Gasteiger partial charge in [0.2, 0.25) is 0 Å². The molecule has 17 heavy (non-hydrogen) atoms. The third kappa shape index (κ3) is 2.43. The molecule has 0 atom stereocenters. The van der Waals surface area contributed by atoms with Crippen LogP contribution >= 0.6 is 0 Å². The molecule has 0 aliphatic heterocycles. The summed E-state index contributed by atoms with van der Waals surface area (Å²) in [4.78, 5) is 9.96. The number of aromatic nitrogens is 3. The zero-order valence-electron chi connectivity index (χ0n) is 8.42. The van der Waals surface area contributed by atoms with Gasteiger partial charge in [0, 0.05) is 12.1 Å².